The molecular weight excluding hydrogens is 216 g/mol. The van der Waals surface area contributed by atoms with Gasteiger partial charge in [-0.05, 0) is 45.6 Å². The van der Waals surface area contributed by atoms with Gasteiger partial charge in [-0.15, -0.1) is 0 Å². The third-order valence-corrected chi connectivity index (χ3v) is 3.71. The minimum absolute atomic E-state index is 0.194. The predicted octanol–water partition coefficient (Wildman–Crippen LogP) is 1.20. The number of carbonyl (C=O) groups is 1. The smallest absolute Gasteiger partial charge is 0.220 e. The van der Waals surface area contributed by atoms with E-state index in [9.17, 15) is 4.79 Å². The van der Waals surface area contributed by atoms with Gasteiger partial charge in [-0.3, -0.25) is 4.79 Å². The largest absolute Gasteiger partial charge is 0.378 e. The van der Waals surface area contributed by atoms with Crippen molar-refractivity contribution in [3.8, 4) is 0 Å². The number of rotatable bonds is 4. The van der Waals surface area contributed by atoms with Gasteiger partial charge in [0.25, 0.3) is 0 Å². The molecule has 2 heterocycles. The second-order valence-corrected chi connectivity index (χ2v) is 5.32. The summed E-state index contributed by atoms with van der Waals surface area (Å²) >= 11 is 0. The first-order valence-corrected chi connectivity index (χ1v) is 6.88. The third kappa shape index (κ3) is 4.28. The highest BCUT2D eigenvalue weighted by atomic mass is 16.5. The van der Waals surface area contributed by atoms with Crippen LogP contribution >= 0.6 is 0 Å². The molecule has 0 radical (unpaired) electrons. The quantitative estimate of drug-likeness (QED) is 0.776. The highest BCUT2D eigenvalue weighted by molar-refractivity contribution is 5.76. The van der Waals surface area contributed by atoms with Crippen molar-refractivity contribution < 1.29 is 9.53 Å². The molecule has 98 valence electrons. The van der Waals surface area contributed by atoms with Crippen LogP contribution in [0.25, 0.3) is 0 Å². The van der Waals surface area contributed by atoms with Gasteiger partial charge in [0.15, 0.2) is 0 Å². The summed E-state index contributed by atoms with van der Waals surface area (Å²) in [5.74, 6) is 0.194. The van der Waals surface area contributed by atoms with Gasteiger partial charge >= 0.3 is 0 Å². The summed E-state index contributed by atoms with van der Waals surface area (Å²) in [7, 11) is 0. The third-order valence-electron chi connectivity index (χ3n) is 3.71. The number of nitrogens with one attached hydrogen (secondary N) is 2. The molecular formula is C13H24N2O2. The Kier molecular flexibility index (Phi) is 4.80. The van der Waals surface area contributed by atoms with E-state index in [0.29, 0.717) is 24.6 Å². The van der Waals surface area contributed by atoms with Gasteiger partial charge in [0.1, 0.15) is 0 Å². The fraction of sp³-hybridized carbons (Fsp3) is 0.923. The van der Waals surface area contributed by atoms with Crippen LogP contribution in [0, 0.1) is 0 Å². The Morgan fingerprint density at radius 3 is 3.06 bits per heavy atom. The van der Waals surface area contributed by atoms with Crippen molar-refractivity contribution in [2.45, 2.75) is 63.6 Å². The Morgan fingerprint density at radius 2 is 2.35 bits per heavy atom. The maximum atomic E-state index is 11.8. The van der Waals surface area contributed by atoms with Gasteiger partial charge in [-0.1, -0.05) is 0 Å². The summed E-state index contributed by atoms with van der Waals surface area (Å²) in [6.07, 6.45) is 6.19. The molecule has 0 saturated carbocycles. The van der Waals surface area contributed by atoms with E-state index in [-0.39, 0.29) is 5.91 Å². The summed E-state index contributed by atoms with van der Waals surface area (Å²) in [4.78, 5) is 11.8. The van der Waals surface area contributed by atoms with Crippen LogP contribution in [0.2, 0.25) is 0 Å². The summed E-state index contributed by atoms with van der Waals surface area (Å²) < 4.78 is 5.52. The van der Waals surface area contributed by atoms with Crippen LogP contribution in [0.1, 0.15) is 45.4 Å². The van der Waals surface area contributed by atoms with Crippen LogP contribution in [-0.2, 0) is 9.53 Å². The summed E-state index contributed by atoms with van der Waals surface area (Å²) in [5.41, 5.74) is 0. The van der Waals surface area contributed by atoms with E-state index in [1.54, 1.807) is 0 Å². The molecule has 0 bridgehead atoms. The highest BCUT2D eigenvalue weighted by Crippen LogP contribution is 2.17. The summed E-state index contributed by atoms with van der Waals surface area (Å²) in [5, 5.41) is 6.53. The second kappa shape index (κ2) is 6.36. The van der Waals surface area contributed by atoms with Crippen LogP contribution in [0.15, 0.2) is 0 Å². The minimum atomic E-state index is 0.194. The molecule has 2 aliphatic heterocycles. The maximum Gasteiger partial charge on any atom is 0.220 e. The number of hydrogen-bond donors (Lipinski definition) is 2. The molecule has 2 aliphatic rings. The van der Waals surface area contributed by atoms with Gasteiger partial charge < -0.3 is 15.4 Å². The van der Waals surface area contributed by atoms with Gasteiger partial charge in [0.05, 0.1) is 6.10 Å². The SMILES string of the molecule is CC1CC(NC(=O)CCC2CCCO2)CCN1. The average molecular weight is 240 g/mol. The molecule has 2 fully saturated rings. The highest BCUT2D eigenvalue weighted by Gasteiger charge is 2.21. The Balaban J connectivity index is 1.62. The zero-order valence-electron chi connectivity index (χ0n) is 10.7. The van der Waals surface area contributed by atoms with Gasteiger partial charge in [-0.25, -0.2) is 0 Å². The van der Waals surface area contributed by atoms with Gasteiger partial charge in [0, 0.05) is 25.1 Å². The topological polar surface area (TPSA) is 50.4 Å². The van der Waals surface area contributed by atoms with Crippen LogP contribution in [0.5, 0.6) is 0 Å². The van der Waals surface area contributed by atoms with Crippen molar-refractivity contribution in [2.24, 2.45) is 0 Å². The van der Waals surface area contributed by atoms with E-state index >= 15 is 0 Å². The Morgan fingerprint density at radius 1 is 1.47 bits per heavy atom. The fourth-order valence-corrected chi connectivity index (χ4v) is 2.73. The standard InChI is InChI=1S/C13H24N2O2/c1-10-9-11(6-7-14-10)15-13(16)5-4-12-3-2-8-17-12/h10-12,14H,2-9H2,1H3,(H,15,16). The lowest BCUT2D eigenvalue weighted by Crippen LogP contribution is -2.46. The summed E-state index contributed by atoms with van der Waals surface area (Å²) in [6.45, 7) is 4.06. The number of carbonyl (C=O) groups excluding carboxylic acids is 1. The molecule has 0 spiro atoms. The first-order chi connectivity index (χ1) is 8.24. The van der Waals surface area contributed by atoms with Crippen LogP contribution < -0.4 is 10.6 Å². The number of amides is 1. The zero-order chi connectivity index (χ0) is 12.1. The lowest BCUT2D eigenvalue weighted by molar-refractivity contribution is -0.122. The first-order valence-electron chi connectivity index (χ1n) is 6.88. The molecule has 2 N–H and O–H groups in total. The van der Waals surface area contributed by atoms with Crippen molar-refractivity contribution in [3.05, 3.63) is 0 Å². The van der Waals surface area contributed by atoms with Gasteiger partial charge in [0.2, 0.25) is 5.91 Å². The molecule has 0 aliphatic carbocycles. The van der Waals surface area contributed by atoms with Crippen molar-refractivity contribution in [1.29, 1.82) is 0 Å². The van der Waals surface area contributed by atoms with E-state index in [0.717, 1.165) is 45.3 Å². The van der Waals surface area contributed by atoms with Gasteiger partial charge in [-0.2, -0.15) is 0 Å². The lowest BCUT2D eigenvalue weighted by atomic mass is 10.0. The molecule has 1 amide bonds. The van der Waals surface area contributed by atoms with Crippen molar-refractivity contribution in [1.82, 2.24) is 10.6 Å². The average Bonchev–Trinajstić information content (AvgIpc) is 2.79. The van der Waals surface area contributed by atoms with Crippen molar-refractivity contribution in [3.63, 3.8) is 0 Å². The minimum Gasteiger partial charge on any atom is -0.378 e. The maximum absolute atomic E-state index is 11.8. The van der Waals surface area contributed by atoms with E-state index in [2.05, 4.69) is 17.6 Å². The molecule has 2 rings (SSSR count). The van der Waals surface area contributed by atoms with E-state index in [4.69, 9.17) is 4.74 Å². The molecule has 0 aromatic heterocycles. The molecule has 3 unspecified atom stereocenters. The zero-order valence-corrected chi connectivity index (χ0v) is 10.7. The monoisotopic (exact) mass is 240 g/mol. The molecule has 2 saturated heterocycles. The number of piperidine rings is 1. The normalized spacial score (nSPS) is 33.6. The predicted molar refractivity (Wildman–Crippen MR) is 66.8 cm³/mol. The second-order valence-electron chi connectivity index (χ2n) is 5.32. The van der Waals surface area contributed by atoms with Crippen molar-refractivity contribution >= 4 is 5.91 Å². The van der Waals surface area contributed by atoms with Crippen LogP contribution in [0.4, 0.5) is 0 Å². The fourth-order valence-electron chi connectivity index (χ4n) is 2.73. The van der Waals surface area contributed by atoms with Crippen LogP contribution in [-0.4, -0.2) is 37.2 Å². The Hall–Kier alpha value is -0.610. The molecule has 17 heavy (non-hydrogen) atoms. The van der Waals surface area contributed by atoms with E-state index in [1.165, 1.54) is 0 Å². The summed E-state index contributed by atoms with van der Waals surface area (Å²) in [6, 6.07) is 0.885. The molecule has 0 aromatic rings. The number of hydrogen-bond acceptors (Lipinski definition) is 3. The first kappa shape index (κ1) is 12.8. The molecule has 4 nitrogen and oxygen atoms in total. The van der Waals surface area contributed by atoms with Crippen LogP contribution in [0.3, 0.4) is 0 Å². The van der Waals surface area contributed by atoms with Crippen molar-refractivity contribution in [2.75, 3.05) is 13.2 Å². The number of ether oxygens (including phenoxy) is 1. The van der Waals surface area contributed by atoms with E-state index < -0.39 is 0 Å². The Bertz CT molecular complexity index is 252. The lowest BCUT2D eigenvalue weighted by Gasteiger charge is -2.28. The Labute approximate surface area is 103 Å². The van der Waals surface area contributed by atoms with E-state index in [1.807, 2.05) is 0 Å². The molecule has 0 aromatic carbocycles. The molecule has 4 heteroatoms. The molecule has 3 atom stereocenters.